The summed E-state index contributed by atoms with van der Waals surface area (Å²) in [7, 11) is 0. The Balaban J connectivity index is 1.94. The van der Waals surface area contributed by atoms with Gasteiger partial charge in [0.15, 0.2) is 0 Å². The van der Waals surface area contributed by atoms with Gasteiger partial charge in [-0.3, -0.25) is 14.6 Å². The van der Waals surface area contributed by atoms with E-state index in [-0.39, 0.29) is 16.3 Å². The Morgan fingerprint density at radius 3 is 1.73 bits per heavy atom. The van der Waals surface area contributed by atoms with Crippen molar-refractivity contribution in [1.82, 2.24) is 15.1 Å². The first-order valence-corrected chi connectivity index (χ1v) is 16.0. The third kappa shape index (κ3) is 23.1. The van der Waals surface area contributed by atoms with Crippen LogP contribution in [0.2, 0.25) is 0 Å². The van der Waals surface area contributed by atoms with E-state index in [0.29, 0.717) is 64.0 Å². The second-order valence-corrected chi connectivity index (χ2v) is 14.9. The van der Waals surface area contributed by atoms with Crippen LogP contribution < -0.4 is 5.32 Å². The second-order valence-electron chi connectivity index (χ2n) is 13.2. The van der Waals surface area contributed by atoms with Gasteiger partial charge in [-0.2, -0.15) is 0 Å². The predicted molar refractivity (Wildman–Crippen MR) is 165 cm³/mol. The molecule has 1 aliphatic heterocycles. The zero-order chi connectivity index (χ0) is 29.9. The number of nitrogens with one attached hydrogen (secondary N) is 1. The van der Waals surface area contributed by atoms with Gasteiger partial charge in [0.25, 0.3) is 0 Å². The van der Waals surface area contributed by atoms with E-state index >= 15 is 0 Å². The largest absolute Gasteiger partial charge is 0.379 e. The number of carbonyl (C=O) groups excluding carboxylic acids is 1. The molecule has 40 heavy (non-hydrogen) atoms. The smallest absolute Gasteiger partial charge is 0.230 e. The third-order valence-electron chi connectivity index (χ3n) is 6.29. The molecule has 1 amide bonds. The lowest BCUT2D eigenvalue weighted by Crippen LogP contribution is -2.50. The topological polar surface area (TPSA) is 81.7 Å². The summed E-state index contributed by atoms with van der Waals surface area (Å²) in [6.07, 6.45) is 1.05. The highest BCUT2D eigenvalue weighted by Crippen LogP contribution is 2.26. The quantitative estimate of drug-likeness (QED) is 0.190. The zero-order valence-electron chi connectivity index (χ0n) is 27.0. The van der Waals surface area contributed by atoms with Gasteiger partial charge < -0.3 is 29.0 Å². The van der Waals surface area contributed by atoms with Gasteiger partial charge in [0.1, 0.15) is 0 Å². The van der Waals surface area contributed by atoms with Crippen molar-refractivity contribution in [1.29, 1.82) is 0 Å². The van der Waals surface area contributed by atoms with Crippen molar-refractivity contribution in [2.45, 2.75) is 72.2 Å². The maximum atomic E-state index is 12.3. The highest BCUT2D eigenvalue weighted by molar-refractivity contribution is 8.01. The van der Waals surface area contributed by atoms with Gasteiger partial charge in [-0.15, -0.1) is 11.8 Å². The Kier molecular flexibility index (Phi) is 19.2. The van der Waals surface area contributed by atoms with Gasteiger partial charge in [0, 0.05) is 57.2 Å². The summed E-state index contributed by atoms with van der Waals surface area (Å²) in [4.78, 5) is 17.3. The summed E-state index contributed by atoms with van der Waals surface area (Å²) < 4.78 is 28.0. The molecule has 0 spiro atoms. The van der Waals surface area contributed by atoms with Crippen LogP contribution in [0.15, 0.2) is 0 Å². The lowest BCUT2D eigenvalue weighted by Gasteiger charge is -2.38. The van der Waals surface area contributed by atoms with Gasteiger partial charge in [-0.25, -0.2) is 0 Å². The Morgan fingerprint density at radius 1 is 0.700 bits per heavy atom. The summed E-state index contributed by atoms with van der Waals surface area (Å²) in [6, 6.07) is 0. The van der Waals surface area contributed by atoms with Gasteiger partial charge in [-0.1, -0.05) is 20.8 Å². The molecule has 1 N–H and O–H groups in total. The summed E-state index contributed by atoms with van der Waals surface area (Å²) in [6.45, 7) is 29.5. The molecule has 1 heterocycles. The average Bonchev–Trinajstić information content (AvgIpc) is 2.84. The molecule has 0 aromatic carbocycles. The molecule has 0 atom stereocenters. The Bertz CT molecular complexity index is 646. The van der Waals surface area contributed by atoms with Crippen LogP contribution in [0.4, 0.5) is 0 Å². The van der Waals surface area contributed by atoms with Crippen LogP contribution >= 0.6 is 11.8 Å². The molecule has 10 heteroatoms. The number of thioether (sulfide) groups is 1. The molecule has 9 nitrogen and oxygen atoms in total. The molecular weight excluding hydrogens is 530 g/mol. The fourth-order valence-corrected chi connectivity index (χ4v) is 4.85. The van der Waals surface area contributed by atoms with Gasteiger partial charge in [-0.05, 0) is 46.5 Å². The molecule has 0 radical (unpaired) electrons. The maximum Gasteiger partial charge on any atom is 0.230 e. The van der Waals surface area contributed by atoms with Gasteiger partial charge >= 0.3 is 0 Å². The molecule has 1 fully saturated rings. The summed E-state index contributed by atoms with van der Waals surface area (Å²) >= 11 is 1.72. The molecule has 0 unspecified atom stereocenters. The molecule has 0 aliphatic carbocycles. The monoisotopic (exact) mass is 591 g/mol. The average molecular weight is 592 g/mol. The normalized spacial score (nSPS) is 16.0. The molecule has 0 saturated carbocycles. The number of hydrogen-bond donors (Lipinski definition) is 1. The maximum absolute atomic E-state index is 12.3. The molecule has 1 saturated heterocycles. The van der Waals surface area contributed by atoms with Crippen LogP contribution in [0.3, 0.4) is 0 Å². The van der Waals surface area contributed by atoms with Gasteiger partial charge in [0.2, 0.25) is 5.91 Å². The fourth-order valence-electron chi connectivity index (χ4n) is 3.95. The lowest BCUT2D eigenvalue weighted by atomic mass is 9.93. The first-order valence-electron chi connectivity index (χ1n) is 15.1. The molecular formula is C30H61N3O6S. The SMILES string of the molecule is CC(C)(C)CCOCCOCCOCCOCCNC(=O)CSC(C)(C)CN1CCN(CCOC(C)(C)C)CC1. The van der Waals surface area contributed by atoms with Crippen molar-refractivity contribution in [3.05, 3.63) is 0 Å². The van der Waals surface area contributed by atoms with Crippen molar-refractivity contribution < 1.29 is 28.5 Å². The van der Waals surface area contributed by atoms with Crippen LogP contribution in [0.25, 0.3) is 0 Å². The number of hydrogen-bond acceptors (Lipinski definition) is 9. The van der Waals surface area contributed by atoms with Crippen LogP contribution in [-0.4, -0.2) is 137 Å². The highest BCUT2D eigenvalue weighted by Gasteiger charge is 2.26. The minimum Gasteiger partial charge on any atom is -0.379 e. The van der Waals surface area contributed by atoms with Crippen molar-refractivity contribution in [3.63, 3.8) is 0 Å². The van der Waals surface area contributed by atoms with Gasteiger partial charge in [0.05, 0.1) is 64.2 Å². The molecule has 0 aromatic heterocycles. The Hall–Kier alpha value is -0.460. The molecule has 238 valence electrons. The zero-order valence-corrected chi connectivity index (χ0v) is 27.8. The molecule has 0 aromatic rings. The number of carbonyl (C=O) groups is 1. The predicted octanol–water partition coefficient (Wildman–Crippen LogP) is 3.55. The first kappa shape index (κ1) is 37.6. The third-order valence-corrected chi connectivity index (χ3v) is 7.60. The van der Waals surface area contributed by atoms with Crippen LogP contribution in [0.5, 0.6) is 0 Å². The van der Waals surface area contributed by atoms with E-state index < -0.39 is 0 Å². The number of rotatable bonds is 22. The van der Waals surface area contributed by atoms with Crippen molar-refractivity contribution >= 4 is 17.7 Å². The molecule has 1 aliphatic rings. The molecule has 0 bridgehead atoms. The van der Waals surface area contributed by atoms with Crippen molar-refractivity contribution in [3.8, 4) is 0 Å². The van der Waals surface area contributed by atoms with E-state index in [0.717, 1.165) is 58.9 Å². The minimum absolute atomic E-state index is 0.0195. The second kappa shape index (κ2) is 20.4. The Morgan fingerprint density at radius 2 is 1.20 bits per heavy atom. The van der Waals surface area contributed by atoms with E-state index in [1.165, 1.54) is 0 Å². The first-order chi connectivity index (χ1) is 18.8. The molecule has 1 rings (SSSR count). The fraction of sp³-hybridized carbons (Fsp3) is 0.967. The van der Waals surface area contributed by atoms with E-state index in [4.69, 9.17) is 23.7 Å². The van der Waals surface area contributed by atoms with E-state index in [1.54, 1.807) is 11.8 Å². The standard InChI is InChI=1S/C30H61N3O6S/c1-28(2,3)9-16-35-19-21-37-23-24-38-22-20-36-17-10-31-27(34)25-40-30(7,8)26-33-13-11-32(12-14-33)15-18-39-29(4,5)6/h9-26H2,1-8H3,(H,31,34). The van der Waals surface area contributed by atoms with Crippen LogP contribution in [-0.2, 0) is 28.5 Å². The highest BCUT2D eigenvalue weighted by atomic mass is 32.2. The number of piperazine rings is 1. The van der Waals surface area contributed by atoms with Crippen molar-refractivity contribution in [2.75, 3.05) is 111 Å². The number of nitrogens with zero attached hydrogens (tertiary/aromatic N) is 2. The van der Waals surface area contributed by atoms with E-state index in [9.17, 15) is 4.79 Å². The minimum atomic E-state index is -0.0741. The van der Waals surface area contributed by atoms with Crippen LogP contribution in [0, 0.1) is 5.41 Å². The number of ether oxygens (including phenoxy) is 5. The van der Waals surface area contributed by atoms with Crippen LogP contribution in [0.1, 0.15) is 61.8 Å². The Labute approximate surface area is 249 Å². The van der Waals surface area contributed by atoms with Crippen molar-refractivity contribution in [2.24, 2.45) is 5.41 Å². The summed E-state index contributed by atoms with van der Waals surface area (Å²) in [5, 5.41) is 2.95. The summed E-state index contributed by atoms with van der Waals surface area (Å²) in [5.74, 6) is 0.517. The summed E-state index contributed by atoms with van der Waals surface area (Å²) in [5.41, 5.74) is 0.230. The number of amides is 1. The van der Waals surface area contributed by atoms with E-state index in [2.05, 4.69) is 70.5 Å². The lowest BCUT2D eigenvalue weighted by molar-refractivity contribution is -0.118. The van der Waals surface area contributed by atoms with E-state index in [1.807, 2.05) is 0 Å².